The number of hydrogen-bond donors (Lipinski definition) is 1. The largest absolute Gasteiger partial charge is 0.491 e. The Balaban J connectivity index is 1.02. The number of aromatic carboxylic acids is 1. The molecule has 2 aliphatic rings. The van der Waals surface area contributed by atoms with E-state index < -0.39 is 5.97 Å². The number of hydrogen-bond acceptors (Lipinski definition) is 6. The molecule has 0 aliphatic carbocycles. The summed E-state index contributed by atoms with van der Waals surface area (Å²) in [4.78, 5) is 13.8. The number of rotatable bonds is 12. The Labute approximate surface area is 252 Å². The van der Waals surface area contributed by atoms with Gasteiger partial charge in [-0.1, -0.05) is 60.7 Å². The molecule has 0 bridgehead atoms. The molecule has 0 spiro atoms. The Morgan fingerprint density at radius 3 is 2.53 bits per heavy atom. The van der Waals surface area contributed by atoms with Gasteiger partial charge in [-0.25, -0.2) is 4.79 Å². The summed E-state index contributed by atoms with van der Waals surface area (Å²) in [6.07, 6.45) is 6.30. The Morgan fingerprint density at radius 2 is 1.72 bits per heavy atom. The van der Waals surface area contributed by atoms with Crippen molar-refractivity contribution in [3.8, 4) is 5.75 Å². The van der Waals surface area contributed by atoms with Crippen molar-refractivity contribution in [2.75, 3.05) is 32.8 Å². The lowest BCUT2D eigenvalue weighted by Crippen LogP contribution is -2.35. The Bertz CT molecular complexity index is 1560. The summed E-state index contributed by atoms with van der Waals surface area (Å²) in [6.45, 7) is 5.81. The molecule has 1 fully saturated rings. The molecule has 1 aromatic heterocycles. The van der Waals surface area contributed by atoms with E-state index in [1.165, 1.54) is 16.5 Å². The van der Waals surface area contributed by atoms with Crippen LogP contribution in [0.15, 0.2) is 97.3 Å². The first-order valence-electron chi connectivity index (χ1n) is 15.0. The lowest BCUT2D eigenvalue weighted by atomic mass is 9.89. The van der Waals surface area contributed by atoms with Gasteiger partial charge in [0.2, 0.25) is 6.29 Å². The minimum Gasteiger partial charge on any atom is -0.491 e. The van der Waals surface area contributed by atoms with Gasteiger partial charge in [0.05, 0.1) is 6.04 Å². The van der Waals surface area contributed by atoms with Gasteiger partial charge >= 0.3 is 11.9 Å². The molecule has 3 heterocycles. The first-order valence-corrected chi connectivity index (χ1v) is 15.0. The topological polar surface area (TPSA) is 82.4 Å². The molecule has 1 N–H and O–H groups in total. The fourth-order valence-electron chi connectivity index (χ4n) is 6.01. The summed E-state index contributed by atoms with van der Waals surface area (Å²) in [5.74, 6) is 0.345. The van der Waals surface area contributed by atoms with Gasteiger partial charge < -0.3 is 28.6 Å². The van der Waals surface area contributed by atoms with E-state index in [1.54, 1.807) is 30.5 Å². The number of piperidine rings is 1. The Kier molecular flexibility index (Phi) is 8.84. The zero-order chi connectivity index (χ0) is 29.6. The number of carbonyl (C=O) groups is 1. The van der Waals surface area contributed by atoms with Crippen LogP contribution in [0.1, 0.15) is 53.2 Å². The maximum absolute atomic E-state index is 11.4. The van der Waals surface area contributed by atoms with Crippen molar-refractivity contribution in [1.29, 1.82) is 0 Å². The van der Waals surface area contributed by atoms with E-state index >= 15 is 0 Å². The fraction of sp³-hybridized carbons (Fsp3) is 0.343. The summed E-state index contributed by atoms with van der Waals surface area (Å²) in [6, 6.07) is 25.6. The summed E-state index contributed by atoms with van der Waals surface area (Å²) in [7, 11) is 0. The first kappa shape index (κ1) is 28.7. The molecule has 2 atom stereocenters. The van der Waals surface area contributed by atoms with Gasteiger partial charge in [0.25, 0.3) is 0 Å². The number of aromatic nitrogens is 1. The Morgan fingerprint density at radius 1 is 0.977 bits per heavy atom. The van der Waals surface area contributed by atoms with E-state index in [0.29, 0.717) is 37.2 Å². The highest BCUT2D eigenvalue weighted by Crippen LogP contribution is 2.36. The monoisotopic (exact) mass is 582 g/mol. The molecule has 8 heteroatoms. The number of carboxylic acid groups (broad SMARTS) is 1. The average Bonchev–Trinajstić information content (AvgIpc) is 3.65. The second-order valence-corrected chi connectivity index (χ2v) is 11.2. The van der Waals surface area contributed by atoms with Crippen molar-refractivity contribution >= 4 is 16.9 Å². The highest BCUT2D eigenvalue weighted by molar-refractivity contribution is 5.90. The molecular weight excluding hydrogens is 544 g/mol. The van der Waals surface area contributed by atoms with E-state index in [0.717, 1.165) is 38.0 Å². The van der Waals surface area contributed by atoms with E-state index in [9.17, 15) is 9.90 Å². The number of para-hydroxylation sites is 2. The maximum atomic E-state index is 11.4. The van der Waals surface area contributed by atoms with Crippen LogP contribution < -0.4 is 4.74 Å². The lowest BCUT2D eigenvalue weighted by Gasteiger charge is -2.31. The molecule has 224 valence electrons. The third-order valence-electron chi connectivity index (χ3n) is 8.33. The number of nitrogens with zero attached hydrogens (tertiary/aromatic N) is 2. The van der Waals surface area contributed by atoms with Crippen molar-refractivity contribution < 1.29 is 28.8 Å². The molecule has 43 heavy (non-hydrogen) atoms. The van der Waals surface area contributed by atoms with E-state index in [-0.39, 0.29) is 17.9 Å². The number of ether oxygens (including phenoxy) is 4. The molecule has 0 amide bonds. The predicted molar refractivity (Wildman–Crippen MR) is 164 cm³/mol. The van der Waals surface area contributed by atoms with Crippen LogP contribution in [-0.2, 0) is 20.6 Å². The van der Waals surface area contributed by atoms with Crippen LogP contribution >= 0.6 is 0 Å². The van der Waals surface area contributed by atoms with Crippen LogP contribution in [0.3, 0.4) is 0 Å². The third kappa shape index (κ3) is 6.81. The standard InChI is InChI=1S/C35H38N2O6/c1-25(23-41-34-24-42-33(43-34)21-26-9-3-2-4-10-26)37-22-30(28-11-5-7-13-31(28)37)27-15-17-36(18-16-27)19-20-40-32-14-8-6-12-29(32)35(38)39/h2-14,22,24-25,27,33H,15-21,23H2,1H3,(H,38,39). The second-order valence-electron chi connectivity index (χ2n) is 11.2. The van der Waals surface area contributed by atoms with E-state index in [4.69, 9.17) is 18.9 Å². The summed E-state index contributed by atoms with van der Waals surface area (Å²) < 4.78 is 25.8. The highest BCUT2D eigenvalue weighted by atomic mass is 16.8. The fourth-order valence-corrected chi connectivity index (χ4v) is 6.01. The number of likely N-dealkylation sites (tertiary alicyclic amines) is 1. The van der Waals surface area contributed by atoms with Crippen molar-refractivity contribution in [3.63, 3.8) is 0 Å². The van der Waals surface area contributed by atoms with Gasteiger partial charge in [-0.2, -0.15) is 0 Å². The lowest BCUT2D eigenvalue weighted by molar-refractivity contribution is -0.0721. The van der Waals surface area contributed by atoms with Crippen LogP contribution in [0, 0.1) is 0 Å². The van der Waals surface area contributed by atoms with Crippen LogP contribution in [0.2, 0.25) is 0 Å². The van der Waals surface area contributed by atoms with Crippen molar-refractivity contribution in [3.05, 3.63) is 114 Å². The van der Waals surface area contributed by atoms with Crippen molar-refractivity contribution in [2.24, 2.45) is 0 Å². The van der Waals surface area contributed by atoms with Gasteiger partial charge in [-0.3, -0.25) is 4.90 Å². The second kappa shape index (κ2) is 13.3. The minimum atomic E-state index is -0.970. The van der Waals surface area contributed by atoms with Gasteiger partial charge in [0.15, 0.2) is 6.26 Å². The normalized spacial score (nSPS) is 18.1. The summed E-state index contributed by atoms with van der Waals surface area (Å²) in [5.41, 5.74) is 3.95. The minimum absolute atomic E-state index is 0.0993. The smallest absolute Gasteiger partial charge is 0.339 e. The third-order valence-corrected chi connectivity index (χ3v) is 8.33. The highest BCUT2D eigenvalue weighted by Gasteiger charge is 2.26. The molecular formula is C35H38N2O6. The van der Waals surface area contributed by atoms with Crippen molar-refractivity contribution in [2.45, 2.75) is 44.4 Å². The average molecular weight is 583 g/mol. The van der Waals surface area contributed by atoms with Crippen LogP contribution in [0.4, 0.5) is 0 Å². The molecule has 0 radical (unpaired) electrons. The molecule has 3 aromatic carbocycles. The predicted octanol–water partition coefficient (Wildman–Crippen LogP) is 6.59. The maximum Gasteiger partial charge on any atom is 0.339 e. The summed E-state index contributed by atoms with van der Waals surface area (Å²) >= 11 is 0. The zero-order valence-electron chi connectivity index (χ0n) is 24.4. The van der Waals surface area contributed by atoms with Crippen LogP contribution in [0.5, 0.6) is 5.75 Å². The number of benzene rings is 3. The SMILES string of the molecule is CC(COC1=COC(Cc2ccccc2)O1)n1cc(C2CCN(CCOc3ccccc3C(=O)O)CC2)c2ccccc21. The van der Waals surface area contributed by atoms with Crippen molar-refractivity contribution in [1.82, 2.24) is 9.47 Å². The molecule has 6 rings (SSSR count). The van der Waals surface area contributed by atoms with Crippen LogP contribution in [-0.4, -0.2) is 59.7 Å². The molecule has 0 saturated carbocycles. The van der Waals surface area contributed by atoms with Crippen LogP contribution in [0.25, 0.3) is 10.9 Å². The first-order chi connectivity index (χ1) is 21.0. The molecule has 2 aliphatic heterocycles. The van der Waals surface area contributed by atoms with Gasteiger partial charge in [-0.15, -0.1) is 0 Å². The number of carboxylic acids is 1. The van der Waals surface area contributed by atoms with E-state index in [2.05, 4.69) is 59.0 Å². The Hall–Kier alpha value is -4.43. The van der Waals surface area contributed by atoms with Gasteiger partial charge in [-0.05, 0) is 68.1 Å². The molecule has 1 saturated heterocycles. The molecule has 8 nitrogen and oxygen atoms in total. The molecule has 4 aromatic rings. The van der Waals surface area contributed by atoms with E-state index in [1.807, 2.05) is 18.2 Å². The quantitative estimate of drug-likeness (QED) is 0.202. The zero-order valence-corrected chi connectivity index (χ0v) is 24.4. The van der Waals surface area contributed by atoms with Gasteiger partial charge in [0.1, 0.15) is 24.5 Å². The van der Waals surface area contributed by atoms with Gasteiger partial charge in [0, 0.05) is 30.1 Å². The number of fused-ring (bicyclic) bond motifs is 1. The summed E-state index contributed by atoms with van der Waals surface area (Å²) in [5, 5.41) is 10.7. The molecule has 2 unspecified atom stereocenters.